The van der Waals surface area contributed by atoms with Gasteiger partial charge in [0, 0.05) is 61.4 Å². The van der Waals surface area contributed by atoms with E-state index in [1.807, 2.05) is 45.9 Å². The second kappa shape index (κ2) is 13.7. The Balaban J connectivity index is 1.41. The first kappa shape index (κ1) is 28.8. The summed E-state index contributed by atoms with van der Waals surface area (Å²) in [6, 6.07) is 15.4. The van der Waals surface area contributed by atoms with Crippen LogP contribution in [0.2, 0.25) is 10.0 Å². The molecule has 9 heteroatoms. The van der Waals surface area contributed by atoms with Crippen LogP contribution >= 0.6 is 23.2 Å². The Kier molecular flexibility index (Phi) is 10.1. The van der Waals surface area contributed by atoms with Gasteiger partial charge in [-0.05, 0) is 74.3 Å². The van der Waals surface area contributed by atoms with Gasteiger partial charge < -0.3 is 14.7 Å². The maximum Gasteiger partial charge on any atom is 0.300 e. The minimum atomic E-state index is -0.0112. The summed E-state index contributed by atoms with van der Waals surface area (Å²) in [7, 11) is 0. The first-order chi connectivity index (χ1) is 18.9. The zero-order valence-electron chi connectivity index (χ0n) is 22.4. The van der Waals surface area contributed by atoms with E-state index in [1.54, 1.807) is 6.07 Å². The van der Waals surface area contributed by atoms with Crippen LogP contribution in [0.4, 0.5) is 0 Å². The quantitative estimate of drug-likeness (QED) is 0.281. The zero-order chi connectivity index (χ0) is 27.8. The normalized spacial score (nSPS) is 17.1. The lowest BCUT2D eigenvalue weighted by Gasteiger charge is -2.29. The summed E-state index contributed by atoms with van der Waals surface area (Å²) in [5.41, 5.74) is 2.85. The molecular formula is C30H34Cl2N6O. The number of piperidine rings is 1. The lowest BCUT2D eigenvalue weighted by Crippen LogP contribution is -2.38. The first-order valence-corrected chi connectivity index (χ1v) is 14.2. The highest BCUT2D eigenvalue weighted by atomic mass is 35.5. The second-order valence-electron chi connectivity index (χ2n) is 10.0. The average molecular weight is 566 g/mol. The number of likely N-dealkylation sites (tertiary alicyclic amines) is 1. The van der Waals surface area contributed by atoms with Crippen molar-refractivity contribution in [2.24, 2.45) is 0 Å². The number of nitrogens with zero attached hydrogens (tertiary/aromatic N) is 6. The summed E-state index contributed by atoms with van der Waals surface area (Å²) >= 11 is 12.4. The number of carbonyl (C=O) groups is 1. The molecular weight excluding hydrogens is 531 g/mol. The van der Waals surface area contributed by atoms with Crippen molar-refractivity contribution in [3.05, 3.63) is 92.1 Å². The maximum absolute atomic E-state index is 13.3. The van der Waals surface area contributed by atoms with Gasteiger partial charge in [-0.3, -0.25) is 9.69 Å². The van der Waals surface area contributed by atoms with Crippen molar-refractivity contribution in [1.82, 2.24) is 19.6 Å². The van der Waals surface area contributed by atoms with Crippen molar-refractivity contribution < 1.29 is 4.79 Å². The maximum atomic E-state index is 13.3. The van der Waals surface area contributed by atoms with Gasteiger partial charge in [-0.1, -0.05) is 41.8 Å². The fourth-order valence-electron chi connectivity index (χ4n) is 5.33. The van der Waals surface area contributed by atoms with E-state index in [1.165, 1.54) is 24.8 Å². The predicted octanol–water partition coefficient (Wildman–Crippen LogP) is 5.87. The van der Waals surface area contributed by atoms with Gasteiger partial charge in [0.1, 0.15) is 5.82 Å². The molecule has 2 saturated heterocycles. The van der Waals surface area contributed by atoms with Gasteiger partial charge in [0.2, 0.25) is 0 Å². The van der Waals surface area contributed by atoms with Crippen molar-refractivity contribution >= 4 is 29.1 Å². The summed E-state index contributed by atoms with van der Waals surface area (Å²) in [6.07, 6.45) is 3.83. The number of hydrogen-bond acceptors (Lipinski definition) is 5. The van der Waals surface area contributed by atoms with Gasteiger partial charge in [0.15, 0.2) is 0 Å². The first-order valence-electron chi connectivity index (χ1n) is 13.5. The molecule has 2 aromatic rings. The number of benzene rings is 2. The third-order valence-corrected chi connectivity index (χ3v) is 7.77. The van der Waals surface area contributed by atoms with E-state index < -0.39 is 0 Å². The molecule has 7 nitrogen and oxygen atoms in total. The number of rotatable bonds is 9. The van der Waals surface area contributed by atoms with Crippen LogP contribution in [0.1, 0.15) is 47.7 Å². The molecule has 2 aliphatic rings. The van der Waals surface area contributed by atoms with Crippen molar-refractivity contribution in [2.75, 3.05) is 45.8 Å². The van der Waals surface area contributed by atoms with Crippen molar-refractivity contribution in [3.63, 3.8) is 0 Å². The summed E-state index contributed by atoms with van der Waals surface area (Å²) < 4.78 is 0. The van der Waals surface area contributed by atoms with E-state index in [9.17, 15) is 10.1 Å². The molecule has 0 aromatic heterocycles. The lowest BCUT2D eigenvalue weighted by molar-refractivity contribution is 0.0752. The number of likely N-dealkylation sites (N-methyl/N-ethyl adjacent to an activating group) is 1. The van der Waals surface area contributed by atoms with Crippen LogP contribution in [-0.4, -0.2) is 71.3 Å². The molecule has 2 heterocycles. The van der Waals surface area contributed by atoms with Crippen molar-refractivity contribution in [3.8, 4) is 6.07 Å². The lowest BCUT2D eigenvalue weighted by atomic mass is 10.1. The molecule has 0 radical (unpaired) electrons. The third kappa shape index (κ3) is 7.46. The van der Waals surface area contributed by atoms with Crippen LogP contribution in [-0.2, 0) is 13.1 Å². The molecule has 2 fully saturated rings. The molecule has 204 valence electrons. The number of allylic oxidation sites excluding steroid dienone is 1. The molecule has 0 saturated carbocycles. The Morgan fingerprint density at radius 2 is 1.64 bits per heavy atom. The Labute approximate surface area is 241 Å². The Bertz CT molecular complexity index is 1240. The standard InChI is InChI=1S/C30H34Cl2N6O/c1-3-36(30(39)25-9-7-23(8-10-25)21-35-11-5-4-6-12-35)13-14-37-15-16-38(29(37)28(20-33)34-2)22-24-17-26(31)19-27(32)18-24/h7-10,17-19H,3-6,11-16,21-22H2,1H3. The molecule has 0 N–H and O–H groups in total. The van der Waals surface area contributed by atoms with Crippen LogP contribution in [0.3, 0.4) is 0 Å². The van der Waals surface area contributed by atoms with Crippen LogP contribution in [0.5, 0.6) is 0 Å². The highest BCUT2D eigenvalue weighted by Crippen LogP contribution is 2.27. The smallest absolute Gasteiger partial charge is 0.300 e. The SMILES string of the molecule is [C-]#[N+]C(C#N)=C1N(CCN(CC)C(=O)c2ccc(CN3CCCCC3)cc2)CCN1Cc1cc(Cl)cc(Cl)c1. The molecule has 0 unspecified atom stereocenters. The summed E-state index contributed by atoms with van der Waals surface area (Å²) in [4.78, 5) is 25.2. The monoisotopic (exact) mass is 564 g/mol. The largest absolute Gasteiger partial charge is 0.363 e. The summed E-state index contributed by atoms with van der Waals surface area (Å²) in [5, 5.41) is 10.8. The van der Waals surface area contributed by atoms with E-state index in [-0.39, 0.29) is 11.6 Å². The number of nitriles is 1. The van der Waals surface area contributed by atoms with E-state index in [0.717, 1.165) is 25.2 Å². The number of amides is 1. The van der Waals surface area contributed by atoms with Gasteiger partial charge in [-0.2, -0.15) is 0 Å². The van der Waals surface area contributed by atoms with Crippen molar-refractivity contribution in [2.45, 2.75) is 39.3 Å². The van der Waals surface area contributed by atoms with E-state index in [0.29, 0.717) is 60.7 Å². The van der Waals surface area contributed by atoms with Crippen LogP contribution in [0.15, 0.2) is 54.0 Å². The fraction of sp³-hybridized carbons (Fsp3) is 0.433. The van der Waals surface area contributed by atoms with Gasteiger partial charge in [0.05, 0.1) is 12.6 Å². The van der Waals surface area contributed by atoms with Crippen LogP contribution < -0.4 is 0 Å². The molecule has 0 bridgehead atoms. The van der Waals surface area contributed by atoms with Crippen LogP contribution in [0.25, 0.3) is 4.85 Å². The van der Waals surface area contributed by atoms with Crippen LogP contribution in [0, 0.1) is 17.9 Å². The van der Waals surface area contributed by atoms with E-state index in [4.69, 9.17) is 29.8 Å². The Hall–Kier alpha value is -3.23. The van der Waals surface area contributed by atoms with E-state index >= 15 is 0 Å². The zero-order valence-corrected chi connectivity index (χ0v) is 23.9. The van der Waals surface area contributed by atoms with Crippen molar-refractivity contribution in [1.29, 1.82) is 5.26 Å². The Morgan fingerprint density at radius 1 is 0.974 bits per heavy atom. The minimum absolute atomic E-state index is 0.0112. The molecule has 39 heavy (non-hydrogen) atoms. The predicted molar refractivity (Wildman–Crippen MR) is 155 cm³/mol. The fourth-order valence-corrected chi connectivity index (χ4v) is 5.90. The molecule has 0 spiro atoms. The Morgan fingerprint density at radius 3 is 2.26 bits per heavy atom. The molecule has 0 aliphatic carbocycles. The van der Waals surface area contributed by atoms with E-state index in [2.05, 4.69) is 27.9 Å². The molecule has 2 aromatic carbocycles. The minimum Gasteiger partial charge on any atom is -0.363 e. The van der Waals surface area contributed by atoms with Gasteiger partial charge in [-0.25, -0.2) is 10.1 Å². The second-order valence-corrected chi connectivity index (χ2v) is 10.9. The molecule has 2 aliphatic heterocycles. The van der Waals surface area contributed by atoms with Gasteiger partial charge >= 0.3 is 5.70 Å². The third-order valence-electron chi connectivity index (χ3n) is 7.33. The highest BCUT2D eigenvalue weighted by Gasteiger charge is 2.29. The topological polar surface area (TPSA) is 58.2 Å². The van der Waals surface area contributed by atoms with Gasteiger partial charge in [0.25, 0.3) is 5.91 Å². The summed E-state index contributed by atoms with van der Waals surface area (Å²) in [6.45, 7) is 16.1. The molecule has 0 atom stereocenters. The number of halogens is 2. The number of carbonyl (C=O) groups excluding carboxylic acids is 1. The molecule has 4 rings (SSSR count). The van der Waals surface area contributed by atoms with Gasteiger partial charge in [-0.15, -0.1) is 0 Å². The number of hydrogen-bond donors (Lipinski definition) is 0. The molecule has 1 amide bonds. The summed E-state index contributed by atoms with van der Waals surface area (Å²) in [5.74, 6) is 0.581. The average Bonchev–Trinajstić information content (AvgIpc) is 3.32. The highest BCUT2D eigenvalue weighted by molar-refractivity contribution is 6.34.